The van der Waals surface area contributed by atoms with Crippen molar-refractivity contribution in [1.82, 2.24) is 4.98 Å². The van der Waals surface area contributed by atoms with Gasteiger partial charge in [0.25, 0.3) is 0 Å². The van der Waals surface area contributed by atoms with Crippen LogP contribution in [0.1, 0.15) is 21.1 Å². The van der Waals surface area contributed by atoms with Crippen LogP contribution in [0.3, 0.4) is 0 Å². The van der Waals surface area contributed by atoms with Crippen LogP contribution in [0.25, 0.3) is 0 Å². The van der Waals surface area contributed by atoms with Crippen LogP contribution >= 0.6 is 11.3 Å². The third-order valence-electron chi connectivity index (χ3n) is 2.72. The minimum Gasteiger partial charge on any atom is -0.391 e. The molecule has 0 atom stereocenters. The van der Waals surface area contributed by atoms with E-state index in [1.54, 1.807) is 18.4 Å². The fraction of sp³-hybridized carbons (Fsp3) is 0.357. The first-order valence-electron chi connectivity index (χ1n) is 5.94. The first-order valence-corrected chi connectivity index (χ1v) is 6.76. The highest BCUT2D eigenvalue weighted by atomic mass is 32.1. The lowest BCUT2D eigenvalue weighted by Crippen LogP contribution is -1.94. The summed E-state index contributed by atoms with van der Waals surface area (Å²) in [7, 11) is 1.64. The van der Waals surface area contributed by atoms with Gasteiger partial charge in [0.1, 0.15) is 0 Å². The summed E-state index contributed by atoms with van der Waals surface area (Å²) in [6, 6.07) is 10.4. The van der Waals surface area contributed by atoms with Crippen molar-refractivity contribution in [2.24, 2.45) is 0 Å². The van der Waals surface area contributed by atoms with Gasteiger partial charge in [-0.25, -0.2) is 4.98 Å². The fourth-order valence-electron chi connectivity index (χ4n) is 1.81. The first kappa shape index (κ1) is 13.2. The van der Waals surface area contributed by atoms with Crippen molar-refractivity contribution in [2.45, 2.75) is 26.1 Å². The van der Waals surface area contributed by atoms with Crippen molar-refractivity contribution in [2.75, 3.05) is 7.11 Å². The van der Waals surface area contributed by atoms with Crippen LogP contribution in [0, 0.1) is 0 Å². The summed E-state index contributed by atoms with van der Waals surface area (Å²) in [6.07, 6.45) is 1.89. The van der Waals surface area contributed by atoms with E-state index in [4.69, 9.17) is 4.74 Å². The van der Waals surface area contributed by atoms with Crippen molar-refractivity contribution < 1.29 is 9.84 Å². The number of benzene rings is 1. The Balaban J connectivity index is 2.01. The number of hydrogen-bond acceptors (Lipinski definition) is 4. The summed E-state index contributed by atoms with van der Waals surface area (Å²) in [6.45, 7) is 0.513. The Morgan fingerprint density at radius 1 is 1.22 bits per heavy atom. The monoisotopic (exact) mass is 263 g/mol. The Hall–Kier alpha value is -1.23. The zero-order valence-electron chi connectivity index (χ0n) is 10.4. The van der Waals surface area contributed by atoms with Gasteiger partial charge in [-0.15, -0.1) is 11.3 Å². The van der Waals surface area contributed by atoms with Crippen LogP contribution in [0.15, 0.2) is 30.3 Å². The van der Waals surface area contributed by atoms with E-state index in [0.29, 0.717) is 6.61 Å². The molecule has 2 rings (SSSR count). The van der Waals surface area contributed by atoms with Gasteiger partial charge in [-0.05, 0) is 12.0 Å². The molecular weight excluding hydrogens is 246 g/mol. The molecule has 0 fully saturated rings. The number of methoxy groups -OCH3 is 1. The SMILES string of the molecule is COCc1nc(CCc2ccccc2)sc1CO. The van der Waals surface area contributed by atoms with Gasteiger partial charge in [-0.3, -0.25) is 0 Å². The van der Waals surface area contributed by atoms with E-state index in [1.165, 1.54) is 5.56 Å². The lowest BCUT2D eigenvalue weighted by Gasteiger charge is -1.98. The molecule has 0 bridgehead atoms. The predicted molar refractivity (Wildman–Crippen MR) is 72.6 cm³/mol. The van der Waals surface area contributed by atoms with E-state index in [9.17, 15) is 5.11 Å². The quantitative estimate of drug-likeness (QED) is 0.871. The summed E-state index contributed by atoms with van der Waals surface area (Å²) in [5.74, 6) is 0. The van der Waals surface area contributed by atoms with E-state index in [1.807, 2.05) is 18.2 Å². The second-order valence-electron chi connectivity index (χ2n) is 4.05. The third-order valence-corrected chi connectivity index (χ3v) is 3.86. The second kappa shape index (κ2) is 6.64. The molecule has 0 aliphatic rings. The van der Waals surface area contributed by atoms with Gasteiger partial charge in [0, 0.05) is 13.5 Å². The molecule has 0 aliphatic heterocycles. The van der Waals surface area contributed by atoms with Crippen molar-refractivity contribution >= 4 is 11.3 Å². The number of hydrogen-bond donors (Lipinski definition) is 1. The normalized spacial score (nSPS) is 10.8. The number of aliphatic hydroxyl groups is 1. The van der Waals surface area contributed by atoms with Gasteiger partial charge in [0.15, 0.2) is 0 Å². The van der Waals surface area contributed by atoms with Gasteiger partial charge in [0.05, 0.1) is 28.8 Å². The van der Waals surface area contributed by atoms with Crippen LogP contribution in [0.2, 0.25) is 0 Å². The van der Waals surface area contributed by atoms with E-state index < -0.39 is 0 Å². The summed E-state index contributed by atoms with van der Waals surface area (Å²) in [5, 5.41) is 10.3. The summed E-state index contributed by atoms with van der Waals surface area (Å²) >= 11 is 1.58. The molecular formula is C14H17NO2S. The molecule has 0 radical (unpaired) electrons. The number of aliphatic hydroxyl groups excluding tert-OH is 1. The zero-order valence-corrected chi connectivity index (χ0v) is 11.2. The lowest BCUT2D eigenvalue weighted by atomic mass is 10.1. The molecule has 1 heterocycles. The highest BCUT2D eigenvalue weighted by Gasteiger charge is 2.10. The number of aromatic nitrogens is 1. The molecule has 1 aromatic carbocycles. The van der Waals surface area contributed by atoms with Crippen molar-refractivity contribution in [3.8, 4) is 0 Å². The predicted octanol–water partition coefficient (Wildman–Crippen LogP) is 2.57. The number of thiazole rings is 1. The fourth-order valence-corrected chi connectivity index (χ4v) is 2.74. The molecule has 0 saturated carbocycles. The Morgan fingerprint density at radius 3 is 2.67 bits per heavy atom. The lowest BCUT2D eigenvalue weighted by molar-refractivity contribution is 0.178. The highest BCUT2D eigenvalue weighted by Crippen LogP contribution is 2.21. The maximum absolute atomic E-state index is 9.26. The number of rotatable bonds is 6. The standard InChI is InChI=1S/C14H17NO2S/c1-17-10-12-13(9-16)18-14(15-12)8-7-11-5-3-2-4-6-11/h2-6,16H,7-10H2,1H3. The molecule has 0 aliphatic carbocycles. The molecule has 0 unspecified atom stereocenters. The summed E-state index contributed by atoms with van der Waals surface area (Å²) < 4.78 is 5.08. The Morgan fingerprint density at radius 2 is 2.00 bits per heavy atom. The molecule has 2 aromatic rings. The maximum atomic E-state index is 9.26. The van der Waals surface area contributed by atoms with Gasteiger partial charge in [-0.2, -0.15) is 0 Å². The van der Waals surface area contributed by atoms with Crippen molar-refractivity contribution in [1.29, 1.82) is 0 Å². The van der Waals surface area contributed by atoms with Gasteiger partial charge >= 0.3 is 0 Å². The van der Waals surface area contributed by atoms with Gasteiger partial charge in [0.2, 0.25) is 0 Å². The van der Waals surface area contributed by atoms with E-state index in [2.05, 4.69) is 17.1 Å². The number of aryl methyl sites for hydroxylation is 2. The van der Waals surface area contributed by atoms with Crippen molar-refractivity contribution in [3.05, 3.63) is 51.5 Å². The molecule has 18 heavy (non-hydrogen) atoms. The molecule has 4 heteroatoms. The average Bonchev–Trinajstić information content (AvgIpc) is 2.80. The minimum atomic E-state index is 0.0434. The number of nitrogens with zero attached hydrogens (tertiary/aromatic N) is 1. The van der Waals surface area contributed by atoms with Crippen LogP contribution in [0.5, 0.6) is 0 Å². The molecule has 0 saturated heterocycles. The van der Waals surface area contributed by atoms with E-state index in [-0.39, 0.29) is 6.61 Å². The molecule has 96 valence electrons. The summed E-state index contributed by atoms with van der Waals surface area (Å²) in [4.78, 5) is 5.44. The van der Waals surface area contributed by atoms with Crippen LogP contribution in [-0.2, 0) is 30.8 Å². The van der Waals surface area contributed by atoms with Gasteiger partial charge in [-0.1, -0.05) is 30.3 Å². The first-order chi connectivity index (χ1) is 8.83. The minimum absolute atomic E-state index is 0.0434. The maximum Gasteiger partial charge on any atom is 0.0936 e. The highest BCUT2D eigenvalue weighted by molar-refractivity contribution is 7.11. The Bertz CT molecular complexity index is 482. The van der Waals surface area contributed by atoms with Gasteiger partial charge < -0.3 is 9.84 Å². The molecule has 1 N–H and O–H groups in total. The zero-order chi connectivity index (χ0) is 12.8. The van der Waals surface area contributed by atoms with E-state index >= 15 is 0 Å². The Labute approximate surface area is 111 Å². The average molecular weight is 263 g/mol. The topological polar surface area (TPSA) is 42.4 Å². The van der Waals surface area contributed by atoms with Crippen LogP contribution in [-0.4, -0.2) is 17.2 Å². The smallest absolute Gasteiger partial charge is 0.0936 e. The molecule has 0 spiro atoms. The second-order valence-corrected chi connectivity index (χ2v) is 5.22. The Kier molecular flexibility index (Phi) is 4.87. The summed E-state index contributed by atoms with van der Waals surface area (Å²) in [5.41, 5.74) is 2.18. The molecule has 0 amide bonds. The third kappa shape index (κ3) is 3.38. The van der Waals surface area contributed by atoms with E-state index in [0.717, 1.165) is 28.4 Å². The number of ether oxygens (including phenoxy) is 1. The molecule has 1 aromatic heterocycles. The molecule has 3 nitrogen and oxygen atoms in total. The van der Waals surface area contributed by atoms with Crippen LogP contribution < -0.4 is 0 Å². The van der Waals surface area contributed by atoms with Crippen LogP contribution in [0.4, 0.5) is 0 Å². The van der Waals surface area contributed by atoms with Crippen molar-refractivity contribution in [3.63, 3.8) is 0 Å². The largest absolute Gasteiger partial charge is 0.391 e.